The Kier molecular flexibility index (Phi) is 8.65. The van der Waals surface area contributed by atoms with Crippen molar-refractivity contribution >= 4 is 5.91 Å². The van der Waals surface area contributed by atoms with Crippen LogP contribution in [0.1, 0.15) is 12.8 Å². The van der Waals surface area contributed by atoms with Crippen LogP contribution in [-0.4, -0.2) is 12.5 Å². The summed E-state index contributed by atoms with van der Waals surface area (Å²) in [5, 5.41) is 3.60. The van der Waals surface area contributed by atoms with E-state index in [1.54, 1.807) is 0 Å². The third-order valence-electron chi connectivity index (χ3n) is 0.837. The molecule has 1 aliphatic rings. The molecular formula is C5H9NOPr-2. The van der Waals surface area contributed by atoms with Crippen LogP contribution in [0.5, 0.6) is 0 Å². The second-order valence-corrected chi connectivity index (χ2v) is 1.38. The van der Waals surface area contributed by atoms with Crippen LogP contribution < -0.4 is 0 Å². The van der Waals surface area contributed by atoms with Gasteiger partial charge in [0.05, 0.1) is 5.91 Å². The van der Waals surface area contributed by atoms with Crippen molar-refractivity contribution in [1.82, 2.24) is 0 Å². The van der Waals surface area contributed by atoms with Gasteiger partial charge in [-0.05, 0) is 6.42 Å². The van der Waals surface area contributed by atoms with E-state index in [0.29, 0.717) is 6.42 Å². The first-order chi connectivity index (χ1) is 2.89. The zero-order chi connectivity index (χ0) is 4.41. The molecule has 0 bridgehead atoms. The predicted octanol–water partition coefficient (Wildman–Crippen LogP) is 1.13. The van der Waals surface area contributed by atoms with Gasteiger partial charge in [-0.25, -0.2) is 0 Å². The number of rotatable bonds is 0. The second-order valence-electron chi connectivity index (χ2n) is 1.38. The van der Waals surface area contributed by atoms with E-state index < -0.39 is 0 Å². The van der Waals surface area contributed by atoms with E-state index in [1.165, 1.54) is 0 Å². The summed E-state index contributed by atoms with van der Waals surface area (Å²) >= 11 is 0. The predicted molar refractivity (Wildman–Crippen MR) is 28.9 cm³/mol. The van der Waals surface area contributed by atoms with Crippen LogP contribution in [0.25, 0.3) is 5.32 Å². The molecule has 1 amide bonds. The molecule has 0 unspecified atom stereocenters. The van der Waals surface area contributed by atoms with Crippen LogP contribution in [-0.2, 0) is 4.79 Å². The average Bonchev–Trinajstić information content (AvgIpc) is 1.86. The van der Waals surface area contributed by atoms with Gasteiger partial charge in [-0.1, -0.05) is 6.42 Å². The fourth-order valence-corrected chi connectivity index (χ4v) is 0.513. The SMILES string of the molecule is O=C1CCC[N-]1.[CH3-].[Pr]. The molecule has 0 aromatic rings. The summed E-state index contributed by atoms with van der Waals surface area (Å²) in [5.41, 5.74) is 0. The Bertz CT molecular complexity index is 66.8. The molecule has 8 heavy (non-hydrogen) atoms. The normalized spacial score (nSPS) is 15.8. The zero-order valence-corrected chi connectivity index (χ0v) is 8.76. The summed E-state index contributed by atoms with van der Waals surface area (Å²) < 4.78 is 0. The van der Waals surface area contributed by atoms with Crippen LogP contribution in [0.15, 0.2) is 0 Å². The van der Waals surface area contributed by atoms with Crippen LogP contribution in [0.4, 0.5) is 0 Å². The number of hydrogen-bond acceptors (Lipinski definition) is 1. The Morgan fingerprint density at radius 2 is 2.12 bits per heavy atom. The summed E-state index contributed by atoms with van der Waals surface area (Å²) in [4.78, 5) is 10.1. The van der Waals surface area contributed by atoms with Crippen LogP contribution >= 0.6 is 0 Å². The van der Waals surface area contributed by atoms with Crippen molar-refractivity contribution in [3.8, 4) is 0 Å². The molecule has 0 N–H and O–H groups in total. The summed E-state index contributed by atoms with van der Waals surface area (Å²) in [6.07, 6.45) is 1.65. The Labute approximate surface area is 83.4 Å². The van der Waals surface area contributed by atoms with Gasteiger partial charge in [-0.15, -0.1) is 6.54 Å². The summed E-state index contributed by atoms with van der Waals surface area (Å²) in [6.45, 7) is 0.763. The van der Waals surface area contributed by atoms with Crippen LogP contribution in [0.3, 0.4) is 0 Å². The van der Waals surface area contributed by atoms with E-state index in [9.17, 15) is 4.79 Å². The Morgan fingerprint density at radius 3 is 2.25 bits per heavy atom. The summed E-state index contributed by atoms with van der Waals surface area (Å²) in [5.74, 6) is 0.0787. The molecule has 1 heterocycles. The smallest absolute Gasteiger partial charge is 0.0510 e. The maximum atomic E-state index is 10.1. The van der Waals surface area contributed by atoms with E-state index in [1.807, 2.05) is 0 Å². The van der Waals surface area contributed by atoms with Gasteiger partial charge in [0.25, 0.3) is 0 Å². The topological polar surface area (TPSA) is 31.2 Å². The molecule has 0 spiro atoms. The molecule has 3 heteroatoms. The van der Waals surface area contributed by atoms with Crippen molar-refractivity contribution in [3.63, 3.8) is 0 Å². The van der Waals surface area contributed by atoms with Crippen LogP contribution in [0, 0.1) is 48.7 Å². The largest absolute Gasteiger partial charge is 0.653 e. The first-order valence-electron chi connectivity index (χ1n) is 2.10. The van der Waals surface area contributed by atoms with Crippen molar-refractivity contribution in [2.24, 2.45) is 0 Å². The molecule has 1 saturated heterocycles. The Morgan fingerprint density at radius 1 is 1.50 bits per heavy atom. The molecule has 1 aliphatic heterocycles. The van der Waals surface area contributed by atoms with Crippen molar-refractivity contribution in [3.05, 3.63) is 12.7 Å². The van der Waals surface area contributed by atoms with Gasteiger partial charge < -0.3 is 17.5 Å². The molecule has 1 rings (SSSR count). The molecule has 0 atom stereocenters. The molecule has 2 nitrogen and oxygen atoms in total. The molecule has 0 aromatic carbocycles. The third-order valence-corrected chi connectivity index (χ3v) is 0.837. The Balaban J connectivity index is 0. The Hall–Kier alpha value is 0.834. The van der Waals surface area contributed by atoms with Gasteiger partial charge >= 0.3 is 0 Å². The minimum Gasteiger partial charge on any atom is -0.653 e. The fourth-order valence-electron chi connectivity index (χ4n) is 0.513. The van der Waals surface area contributed by atoms with Gasteiger partial charge in [0.2, 0.25) is 0 Å². The summed E-state index contributed by atoms with van der Waals surface area (Å²) in [6, 6.07) is 0. The molecule has 45 valence electrons. The van der Waals surface area contributed by atoms with E-state index in [2.05, 4.69) is 5.32 Å². The van der Waals surface area contributed by atoms with Gasteiger partial charge in [0.15, 0.2) is 0 Å². The van der Waals surface area contributed by atoms with E-state index >= 15 is 0 Å². The molecular weight excluding hydrogens is 231 g/mol. The summed E-state index contributed by atoms with van der Waals surface area (Å²) in [7, 11) is 0. The van der Waals surface area contributed by atoms with E-state index in [-0.39, 0.29) is 54.6 Å². The number of carbonyl (C=O) groups excluding carboxylic acids is 1. The maximum absolute atomic E-state index is 10.1. The van der Waals surface area contributed by atoms with Crippen molar-refractivity contribution < 1.29 is 46.1 Å². The minimum atomic E-state index is 0. The number of nitrogens with zero attached hydrogens (tertiary/aromatic N) is 1. The molecule has 0 aromatic heterocycles. The van der Waals surface area contributed by atoms with Crippen molar-refractivity contribution in [2.45, 2.75) is 12.8 Å². The molecule has 0 saturated carbocycles. The standard InChI is InChI=1S/C4H7NO.CH3.Pr/c6-4-2-1-3-5-4;;/h1-3H2,(H,5,6);1H3;/q;-1;/p-1. The number of amides is 1. The fraction of sp³-hybridized carbons (Fsp3) is 0.600. The van der Waals surface area contributed by atoms with Gasteiger partial charge in [-0.2, -0.15) is 0 Å². The molecule has 1 fully saturated rings. The third kappa shape index (κ3) is 3.79. The first-order valence-corrected chi connectivity index (χ1v) is 2.10. The van der Waals surface area contributed by atoms with Gasteiger partial charge in [0, 0.05) is 41.3 Å². The first kappa shape index (κ1) is 11.6. The van der Waals surface area contributed by atoms with Gasteiger partial charge in [0.1, 0.15) is 0 Å². The second kappa shape index (κ2) is 5.96. The van der Waals surface area contributed by atoms with E-state index in [0.717, 1.165) is 13.0 Å². The zero-order valence-electron chi connectivity index (χ0n) is 5.05. The van der Waals surface area contributed by atoms with Crippen molar-refractivity contribution in [1.29, 1.82) is 0 Å². The van der Waals surface area contributed by atoms with Crippen molar-refractivity contribution in [2.75, 3.05) is 6.54 Å². The molecule has 0 aliphatic carbocycles. The number of carbonyl (C=O) groups is 1. The van der Waals surface area contributed by atoms with Gasteiger partial charge in [-0.3, -0.25) is 0 Å². The molecule has 1 radical (unpaired) electrons. The van der Waals surface area contributed by atoms with E-state index in [4.69, 9.17) is 0 Å². The number of hydrogen-bond donors (Lipinski definition) is 0. The average molecular weight is 240 g/mol. The van der Waals surface area contributed by atoms with Crippen LogP contribution in [0.2, 0.25) is 0 Å². The maximum Gasteiger partial charge on any atom is 0.0510 e. The quantitative estimate of drug-likeness (QED) is 0.584. The minimum absolute atomic E-state index is 0. The monoisotopic (exact) mass is 240 g/mol.